The number of carbonyl (C=O) groups is 1. The SMILES string of the molecule is CCCS(=O)(=O)N1CCC2(CC1)CN(Cc1ccccc1)C2=O. The summed E-state index contributed by atoms with van der Waals surface area (Å²) in [5.41, 5.74) is 0.825. The molecule has 2 saturated heterocycles. The summed E-state index contributed by atoms with van der Waals surface area (Å²) < 4.78 is 25.8. The van der Waals surface area contributed by atoms with Crippen LogP contribution in [0.25, 0.3) is 0 Å². The van der Waals surface area contributed by atoms with Gasteiger partial charge in [0, 0.05) is 26.2 Å². The molecule has 6 heteroatoms. The van der Waals surface area contributed by atoms with Gasteiger partial charge in [-0.05, 0) is 24.8 Å². The quantitative estimate of drug-likeness (QED) is 0.771. The summed E-state index contributed by atoms with van der Waals surface area (Å²) in [5, 5.41) is 0. The number of hydrogen-bond donors (Lipinski definition) is 0. The fourth-order valence-corrected chi connectivity index (χ4v) is 5.14. The van der Waals surface area contributed by atoms with Crippen LogP contribution in [0.15, 0.2) is 30.3 Å². The van der Waals surface area contributed by atoms with Gasteiger partial charge in [0.15, 0.2) is 0 Å². The van der Waals surface area contributed by atoms with Crippen molar-refractivity contribution in [3.05, 3.63) is 35.9 Å². The van der Waals surface area contributed by atoms with E-state index in [1.165, 1.54) is 0 Å². The zero-order chi connectivity index (χ0) is 16.5. The van der Waals surface area contributed by atoms with Gasteiger partial charge in [-0.1, -0.05) is 37.3 Å². The van der Waals surface area contributed by atoms with Crippen LogP contribution in [-0.2, 0) is 21.4 Å². The van der Waals surface area contributed by atoms with Crippen LogP contribution in [0.3, 0.4) is 0 Å². The summed E-state index contributed by atoms with van der Waals surface area (Å²) in [4.78, 5) is 14.5. The van der Waals surface area contributed by atoms with Gasteiger partial charge < -0.3 is 4.90 Å². The van der Waals surface area contributed by atoms with E-state index in [0.717, 1.165) is 12.1 Å². The fraction of sp³-hybridized carbons (Fsp3) is 0.588. The van der Waals surface area contributed by atoms with Gasteiger partial charge in [-0.15, -0.1) is 0 Å². The molecule has 0 atom stereocenters. The minimum Gasteiger partial charge on any atom is -0.337 e. The Balaban J connectivity index is 1.57. The second-order valence-corrected chi connectivity index (χ2v) is 8.73. The normalized spacial score (nSPS) is 21.4. The number of nitrogens with zero attached hydrogens (tertiary/aromatic N) is 2. The van der Waals surface area contributed by atoms with Crippen LogP contribution in [-0.4, -0.2) is 48.9 Å². The standard InChI is InChI=1S/C17H24N2O3S/c1-2-12-23(21,22)19-10-8-17(9-11-19)14-18(16(17)20)13-15-6-4-3-5-7-15/h3-7H,2,8-14H2,1H3. The summed E-state index contributed by atoms with van der Waals surface area (Å²) in [6.07, 6.45) is 1.94. The van der Waals surface area contributed by atoms with Crippen LogP contribution in [0.4, 0.5) is 0 Å². The van der Waals surface area contributed by atoms with Crippen molar-refractivity contribution in [3.63, 3.8) is 0 Å². The van der Waals surface area contributed by atoms with E-state index in [4.69, 9.17) is 0 Å². The number of sulfonamides is 1. The van der Waals surface area contributed by atoms with Gasteiger partial charge in [0.25, 0.3) is 0 Å². The molecule has 0 unspecified atom stereocenters. The van der Waals surface area contributed by atoms with E-state index >= 15 is 0 Å². The van der Waals surface area contributed by atoms with Gasteiger partial charge in [-0.2, -0.15) is 0 Å². The molecule has 5 nitrogen and oxygen atoms in total. The maximum absolute atomic E-state index is 12.6. The van der Waals surface area contributed by atoms with E-state index < -0.39 is 10.0 Å². The molecule has 0 aromatic heterocycles. The average molecular weight is 336 g/mol. The first-order valence-corrected chi connectivity index (χ1v) is 9.89. The van der Waals surface area contributed by atoms with E-state index in [0.29, 0.717) is 38.9 Å². The second-order valence-electron chi connectivity index (χ2n) is 6.64. The predicted molar refractivity (Wildman–Crippen MR) is 89.2 cm³/mol. The first kappa shape index (κ1) is 16.5. The molecule has 3 rings (SSSR count). The number of piperidine rings is 1. The molecule has 23 heavy (non-hydrogen) atoms. The minimum absolute atomic E-state index is 0.189. The van der Waals surface area contributed by atoms with Crippen molar-refractivity contribution in [2.24, 2.45) is 5.41 Å². The Morgan fingerprint density at radius 2 is 1.78 bits per heavy atom. The zero-order valence-corrected chi connectivity index (χ0v) is 14.4. The van der Waals surface area contributed by atoms with Gasteiger partial charge in [0.05, 0.1) is 11.2 Å². The lowest BCUT2D eigenvalue weighted by Gasteiger charge is -2.52. The van der Waals surface area contributed by atoms with E-state index in [-0.39, 0.29) is 17.1 Å². The van der Waals surface area contributed by atoms with Crippen molar-refractivity contribution >= 4 is 15.9 Å². The second kappa shape index (κ2) is 6.24. The van der Waals surface area contributed by atoms with Gasteiger partial charge in [-0.25, -0.2) is 12.7 Å². The Morgan fingerprint density at radius 1 is 1.13 bits per heavy atom. The molecule has 2 aliphatic heterocycles. The number of likely N-dealkylation sites (tertiary alicyclic amines) is 1. The maximum atomic E-state index is 12.6. The molecule has 0 N–H and O–H groups in total. The Hall–Kier alpha value is -1.40. The molecule has 1 amide bonds. The number of rotatable bonds is 5. The average Bonchev–Trinajstić information content (AvgIpc) is 2.55. The number of amides is 1. The van der Waals surface area contributed by atoms with E-state index in [1.807, 2.05) is 42.2 Å². The van der Waals surface area contributed by atoms with E-state index in [9.17, 15) is 13.2 Å². The highest BCUT2D eigenvalue weighted by atomic mass is 32.2. The smallest absolute Gasteiger partial charge is 0.231 e. The summed E-state index contributed by atoms with van der Waals surface area (Å²) in [6, 6.07) is 9.98. The molecule has 2 heterocycles. The van der Waals surface area contributed by atoms with Gasteiger partial charge in [-0.3, -0.25) is 4.79 Å². The Morgan fingerprint density at radius 3 is 2.35 bits per heavy atom. The topological polar surface area (TPSA) is 57.7 Å². The minimum atomic E-state index is -3.14. The third-order valence-corrected chi connectivity index (χ3v) is 7.06. The molecule has 2 fully saturated rings. The monoisotopic (exact) mass is 336 g/mol. The van der Waals surface area contributed by atoms with Crippen LogP contribution in [0.5, 0.6) is 0 Å². The summed E-state index contributed by atoms with van der Waals surface area (Å²) in [7, 11) is -3.14. The Kier molecular flexibility index (Phi) is 4.47. The highest BCUT2D eigenvalue weighted by molar-refractivity contribution is 7.89. The summed E-state index contributed by atoms with van der Waals surface area (Å²) in [5.74, 6) is 0.391. The summed E-state index contributed by atoms with van der Waals surface area (Å²) >= 11 is 0. The first-order chi connectivity index (χ1) is 11.0. The third kappa shape index (κ3) is 3.15. The van der Waals surface area contributed by atoms with Crippen molar-refractivity contribution in [1.82, 2.24) is 9.21 Å². The molecule has 1 aromatic rings. The maximum Gasteiger partial charge on any atom is 0.231 e. The number of benzene rings is 1. The highest BCUT2D eigenvalue weighted by Gasteiger charge is 2.53. The lowest BCUT2D eigenvalue weighted by atomic mass is 9.71. The lowest BCUT2D eigenvalue weighted by Crippen LogP contribution is -2.64. The number of β-lactam (4-membered cyclic amide) rings is 1. The fourth-order valence-electron chi connectivity index (χ4n) is 3.63. The molecular formula is C17H24N2O3S. The predicted octanol–water partition coefficient (Wildman–Crippen LogP) is 1.85. The van der Waals surface area contributed by atoms with Crippen molar-refractivity contribution in [3.8, 4) is 0 Å². The van der Waals surface area contributed by atoms with Crippen LogP contribution >= 0.6 is 0 Å². The lowest BCUT2D eigenvalue weighted by molar-refractivity contribution is -0.165. The Bertz CT molecular complexity index is 664. The largest absolute Gasteiger partial charge is 0.337 e. The summed E-state index contributed by atoms with van der Waals surface area (Å²) in [6.45, 7) is 4.24. The van der Waals surface area contributed by atoms with Crippen LogP contribution in [0.2, 0.25) is 0 Å². The molecule has 0 saturated carbocycles. The van der Waals surface area contributed by atoms with Gasteiger partial charge in [0.2, 0.25) is 15.9 Å². The Labute approximate surface area is 138 Å². The van der Waals surface area contributed by atoms with Crippen LogP contribution in [0.1, 0.15) is 31.7 Å². The van der Waals surface area contributed by atoms with Crippen molar-refractivity contribution in [1.29, 1.82) is 0 Å². The van der Waals surface area contributed by atoms with E-state index in [2.05, 4.69) is 0 Å². The molecule has 2 aliphatic rings. The van der Waals surface area contributed by atoms with Gasteiger partial charge >= 0.3 is 0 Å². The zero-order valence-electron chi connectivity index (χ0n) is 13.6. The van der Waals surface area contributed by atoms with E-state index in [1.54, 1.807) is 4.31 Å². The van der Waals surface area contributed by atoms with Gasteiger partial charge in [0.1, 0.15) is 0 Å². The highest BCUT2D eigenvalue weighted by Crippen LogP contribution is 2.42. The molecule has 0 bridgehead atoms. The number of hydrogen-bond acceptors (Lipinski definition) is 3. The molecule has 126 valence electrons. The van der Waals surface area contributed by atoms with Crippen molar-refractivity contribution in [2.75, 3.05) is 25.4 Å². The van der Waals surface area contributed by atoms with Crippen LogP contribution < -0.4 is 0 Å². The molecule has 1 spiro atoms. The third-order valence-electron chi connectivity index (χ3n) is 4.99. The molecule has 1 aromatic carbocycles. The van der Waals surface area contributed by atoms with Crippen molar-refractivity contribution in [2.45, 2.75) is 32.7 Å². The molecule has 0 aliphatic carbocycles. The molecular weight excluding hydrogens is 312 g/mol. The number of carbonyl (C=O) groups excluding carboxylic acids is 1. The molecule has 0 radical (unpaired) electrons. The van der Waals surface area contributed by atoms with Crippen LogP contribution in [0, 0.1) is 5.41 Å². The first-order valence-electron chi connectivity index (χ1n) is 8.28. The van der Waals surface area contributed by atoms with Crippen molar-refractivity contribution < 1.29 is 13.2 Å².